The standard InChI is InChI=1S/C29H30N6O4.C25H23ClN6O2.C25H24N6O3.C24H22ClN9O/c1-16-13-19(28(36)35(3)4)6-7-22(16)32-29-33-26-25(27(34-29)39-20-9-11-37-12-10-20)21(15-30-26)18-5-8-23-24(14-18)38-17(2)31-23;1-13-9-15-6-5-14(11-20(15)28-13)17-12-27-22-21(17)23(34-4)31-25(30-22)29-19-8-7-16(10-18(19)26)24(33)32(2)3;1-13-10-16(24(32)31(3)4)7-8-18(13)28-25-29-22-21(23(30-25)33-5)17(12-26-22)15-6-9-19-20(11-15)34-14(2)27-19;1-26-21-19-16(13-4-6-14(7-5-13)20-28-12-29-33-20)11-27-22(19)32-24(31-21)30-18-9-8-15(10-17(18)25)23(35)34(2)3/h5-8,13-15,20H,9-12H2,1-4H3,(H2,30,32,33,34);5-8,10-12H,9H2,1-4H3,(H2,27,29,30,31);6-12H,1-5H3,(H2,26,28,29,30);4-12H,1-3H3,(H,28,29,33)(H3,26,27,30,31,32). The van der Waals surface area contributed by atoms with E-state index in [-0.39, 0.29) is 29.7 Å². The minimum atomic E-state index is -0.126. The number of hydrogen-bond acceptors (Lipinski definition) is 28. The number of aliphatic imine (C=N–C) groups is 1. The first kappa shape index (κ1) is 95.1. The van der Waals surface area contributed by atoms with E-state index in [1.807, 2.05) is 151 Å². The maximum Gasteiger partial charge on any atom is 0.253 e. The van der Waals surface area contributed by atoms with Gasteiger partial charge < -0.3 is 93.9 Å². The van der Waals surface area contributed by atoms with Gasteiger partial charge in [0.15, 0.2) is 28.8 Å². The lowest BCUT2D eigenvalue weighted by atomic mass is 10.0. The number of anilines is 9. The van der Waals surface area contributed by atoms with Gasteiger partial charge >= 0.3 is 0 Å². The van der Waals surface area contributed by atoms with E-state index in [9.17, 15) is 19.2 Å². The van der Waals surface area contributed by atoms with Crippen LogP contribution < -0.4 is 40.8 Å². The van der Waals surface area contributed by atoms with Crippen molar-refractivity contribution in [1.82, 2.24) is 105 Å². The van der Waals surface area contributed by atoms with Crippen LogP contribution in [0.4, 0.5) is 58.0 Å². The van der Waals surface area contributed by atoms with Crippen molar-refractivity contribution in [2.24, 2.45) is 4.99 Å². The number of aromatic nitrogens is 17. The third-order valence-corrected chi connectivity index (χ3v) is 24.4. The molecular weight excluding hydrogens is 1850 g/mol. The van der Waals surface area contributed by atoms with Crippen LogP contribution in [0, 0.1) is 27.7 Å². The third kappa shape index (κ3) is 20.1. The number of H-pyrrole nitrogens is 5. The zero-order chi connectivity index (χ0) is 99.6. The maximum atomic E-state index is 12.4. The Hall–Kier alpha value is -17.2. The second kappa shape index (κ2) is 40.5. The molecule has 0 bridgehead atoms. The summed E-state index contributed by atoms with van der Waals surface area (Å²) in [5, 5.41) is 26.8. The summed E-state index contributed by atoms with van der Waals surface area (Å²) < 4.78 is 34.7. The fraction of sp³-hybridized carbons (Fsp3) is 0.214. The van der Waals surface area contributed by atoms with Crippen LogP contribution in [-0.2, 0) is 11.2 Å². The summed E-state index contributed by atoms with van der Waals surface area (Å²) in [4.78, 5) is 123. The van der Waals surface area contributed by atoms with E-state index in [0.717, 1.165) is 141 Å². The number of carbonyl (C=O) groups excluding carboxylic acids is 4. The molecular formula is C103H99Cl2N27O10. The quantitative estimate of drug-likeness (QED) is 0.0301. The van der Waals surface area contributed by atoms with Crippen LogP contribution in [0.3, 0.4) is 0 Å². The summed E-state index contributed by atoms with van der Waals surface area (Å²) in [6, 6.07) is 47.2. The molecule has 1 fully saturated rings. The van der Waals surface area contributed by atoms with Crippen LogP contribution in [-0.4, -0.2) is 231 Å². The SMILES string of the molecule is CNc1nc(Nc2ccc(C(=O)N(C)C)cc2Cl)nc2[nH]cc(-c3ccc(-c4ncn[nH]4)cc3)c12.COc1nc(Nc2ccc(C(=O)N(C)C)cc2C)nc2[nH]cc(-c3ccc4nc(C)oc4c3)c12.COc1nc(Nc2ccc(C(=O)N(C)C)cc2Cl)nc2[nH]cc(-c3ccc4c(c3)N=C(C)C4)c12.Cc1nc2ccc(-c3c[nH]c4nc(Nc5ccc(C(=O)N(C)C)cc5C)nc(OC5CCOCC5)c34)cc2o1. The number of carbonyl (C=O) groups is 4. The Labute approximate surface area is 823 Å². The number of hydrogen-bond donors (Lipinski definition) is 10. The number of aromatic amines is 5. The van der Waals surface area contributed by atoms with Gasteiger partial charge in [-0.15, -0.1) is 0 Å². The van der Waals surface area contributed by atoms with Crippen molar-refractivity contribution < 1.29 is 47.0 Å². The highest BCUT2D eigenvalue weighted by Gasteiger charge is 2.28. The van der Waals surface area contributed by atoms with Crippen molar-refractivity contribution in [2.45, 2.75) is 60.0 Å². The van der Waals surface area contributed by atoms with Crippen LogP contribution >= 0.6 is 23.2 Å². The van der Waals surface area contributed by atoms with E-state index >= 15 is 0 Å². The molecule has 37 nitrogen and oxygen atoms in total. The largest absolute Gasteiger partial charge is 0.480 e. The van der Waals surface area contributed by atoms with E-state index < -0.39 is 0 Å². The molecule has 2 aliphatic rings. The van der Waals surface area contributed by atoms with Crippen LogP contribution in [0.25, 0.3) is 122 Å². The minimum Gasteiger partial charge on any atom is -0.480 e. The van der Waals surface area contributed by atoms with Crippen molar-refractivity contribution >= 4 is 177 Å². The van der Waals surface area contributed by atoms with Crippen molar-refractivity contribution in [3.8, 4) is 73.5 Å². The monoisotopic (exact) mass is 1940 g/mol. The Morgan fingerprint density at radius 3 is 1.23 bits per heavy atom. The van der Waals surface area contributed by atoms with Crippen molar-refractivity contribution in [1.29, 1.82) is 0 Å². The number of oxazole rings is 2. The molecule has 19 aromatic rings. The molecule has 0 aliphatic carbocycles. The molecule has 0 unspecified atom stereocenters. The Kier molecular flexibility index (Phi) is 27.1. The van der Waals surface area contributed by atoms with Gasteiger partial charge in [0.05, 0.1) is 76.1 Å². The lowest BCUT2D eigenvalue weighted by molar-refractivity contribution is 0.0244. The summed E-state index contributed by atoms with van der Waals surface area (Å²) in [6.45, 7) is 10.9. The average molecular weight is 1950 g/mol. The van der Waals surface area contributed by atoms with Crippen molar-refractivity contribution in [2.75, 3.05) is 117 Å². The van der Waals surface area contributed by atoms with E-state index in [4.69, 9.17) is 61.0 Å². The first-order valence-electron chi connectivity index (χ1n) is 45.2. The number of ether oxygens (including phenoxy) is 4. The second-order valence-corrected chi connectivity index (χ2v) is 35.4. The first-order valence-corrected chi connectivity index (χ1v) is 45.9. The molecule has 0 saturated carbocycles. The van der Waals surface area contributed by atoms with E-state index in [1.54, 1.807) is 129 Å². The van der Waals surface area contributed by atoms with Crippen LogP contribution in [0.1, 0.15) is 89.7 Å². The summed E-state index contributed by atoms with van der Waals surface area (Å²) in [7, 11) is 18.7. The summed E-state index contributed by atoms with van der Waals surface area (Å²) in [5.74, 6) is 5.10. The molecule has 0 radical (unpaired) electrons. The predicted octanol–water partition coefficient (Wildman–Crippen LogP) is 20.2. The minimum absolute atomic E-state index is 0.00933. The van der Waals surface area contributed by atoms with Gasteiger partial charge in [0.2, 0.25) is 41.4 Å². The number of methoxy groups -OCH3 is 2. The molecule has 39 heteroatoms. The molecule has 21 rings (SSSR count). The van der Waals surface area contributed by atoms with E-state index in [0.29, 0.717) is 150 Å². The number of benzene rings is 8. The second-order valence-electron chi connectivity index (χ2n) is 34.6. The van der Waals surface area contributed by atoms with Gasteiger partial charge in [0.25, 0.3) is 23.6 Å². The molecule has 1 saturated heterocycles. The fourth-order valence-corrected chi connectivity index (χ4v) is 17.1. The third-order valence-electron chi connectivity index (χ3n) is 23.7. The molecule has 11 aromatic heterocycles. The fourth-order valence-electron chi connectivity index (χ4n) is 16.6. The molecule has 142 heavy (non-hydrogen) atoms. The molecule has 0 spiro atoms. The zero-order valence-electron chi connectivity index (χ0n) is 80.4. The lowest BCUT2D eigenvalue weighted by Gasteiger charge is -2.23. The Balaban J connectivity index is 0.000000125. The van der Waals surface area contributed by atoms with Gasteiger partial charge in [-0.3, -0.25) is 29.3 Å². The number of nitrogens with one attached hydrogen (secondary N) is 10. The highest BCUT2D eigenvalue weighted by molar-refractivity contribution is 6.34. The highest BCUT2D eigenvalue weighted by atomic mass is 35.5. The molecule has 10 N–H and O–H groups in total. The average Bonchev–Trinajstić information content (AvgIpc) is 1.62. The number of halogens is 2. The summed E-state index contributed by atoms with van der Waals surface area (Å²) in [5.41, 5.74) is 24.3. The Morgan fingerprint density at radius 1 is 0.423 bits per heavy atom. The van der Waals surface area contributed by atoms with Gasteiger partial charge in [-0.2, -0.15) is 45.0 Å². The number of rotatable bonds is 22. The number of aryl methyl sites for hydroxylation is 4. The topological polar surface area (TPSA) is 451 Å². The summed E-state index contributed by atoms with van der Waals surface area (Å²) in [6.07, 6.45) is 11.5. The van der Waals surface area contributed by atoms with Gasteiger partial charge in [-0.05, 0) is 163 Å². The first-order chi connectivity index (χ1) is 68.5. The Morgan fingerprint density at radius 2 is 0.810 bits per heavy atom. The van der Waals surface area contributed by atoms with Crippen LogP contribution in [0.2, 0.25) is 10.0 Å². The highest BCUT2D eigenvalue weighted by Crippen LogP contribution is 2.44. The van der Waals surface area contributed by atoms with Gasteiger partial charge in [0, 0.05) is 188 Å². The molecule has 2 aliphatic heterocycles. The number of nitrogens with zero attached hydrogens (tertiary/aromatic N) is 17. The van der Waals surface area contributed by atoms with Gasteiger partial charge in [-0.25, -0.2) is 15.0 Å². The normalized spacial score (nSPS) is 12.3. The van der Waals surface area contributed by atoms with Gasteiger partial charge in [-0.1, -0.05) is 71.7 Å². The predicted molar refractivity (Wildman–Crippen MR) is 551 cm³/mol. The molecule has 13 heterocycles. The van der Waals surface area contributed by atoms with Gasteiger partial charge in [0.1, 0.15) is 51.9 Å². The van der Waals surface area contributed by atoms with Crippen molar-refractivity contribution in [3.63, 3.8) is 0 Å². The molecule has 720 valence electrons. The Bertz CT molecular complexity index is 8090. The van der Waals surface area contributed by atoms with Crippen LogP contribution in [0.5, 0.6) is 17.6 Å². The zero-order valence-corrected chi connectivity index (χ0v) is 81.9. The van der Waals surface area contributed by atoms with E-state index in [2.05, 4.69) is 125 Å². The molecule has 8 aromatic carbocycles. The van der Waals surface area contributed by atoms with Crippen molar-refractivity contribution in [3.05, 3.63) is 244 Å². The van der Waals surface area contributed by atoms with Crippen LogP contribution in [0.15, 0.2) is 197 Å². The number of amides is 4. The number of fused-ring (bicyclic) bond motifs is 7. The smallest absolute Gasteiger partial charge is 0.253 e. The van der Waals surface area contributed by atoms with E-state index in [1.165, 1.54) is 21.7 Å². The summed E-state index contributed by atoms with van der Waals surface area (Å²) >= 11 is 12.9. The maximum absolute atomic E-state index is 12.4. The molecule has 4 amide bonds. The lowest BCUT2D eigenvalue weighted by Crippen LogP contribution is -2.26. The molecule has 0 atom stereocenters.